The lowest BCUT2D eigenvalue weighted by Gasteiger charge is -2.16. The number of halogens is 1. The minimum absolute atomic E-state index is 0.0213. The van der Waals surface area contributed by atoms with Crippen molar-refractivity contribution in [2.75, 3.05) is 6.61 Å². The van der Waals surface area contributed by atoms with E-state index in [1.54, 1.807) is 54.6 Å². The van der Waals surface area contributed by atoms with Gasteiger partial charge in [-0.05, 0) is 73.1 Å². The van der Waals surface area contributed by atoms with Gasteiger partial charge >= 0.3 is 0 Å². The van der Waals surface area contributed by atoms with Gasteiger partial charge in [0.25, 0.3) is 17.5 Å². The number of carbonyl (C=O) groups excluding carboxylic acids is 2. The summed E-state index contributed by atoms with van der Waals surface area (Å²) in [6.45, 7) is 4.15. The van der Waals surface area contributed by atoms with Crippen molar-refractivity contribution in [1.82, 2.24) is 10.4 Å². The Bertz CT molecular complexity index is 1510. The highest BCUT2D eigenvalue weighted by atomic mass is 35.5. The number of nitrogens with one attached hydrogen (secondary N) is 1. The van der Waals surface area contributed by atoms with Gasteiger partial charge in [-0.2, -0.15) is 5.01 Å². The van der Waals surface area contributed by atoms with E-state index in [0.29, 0.717) is 34.1 Å². The molecular formula is C27H22ClN3O6S2. The second-order valence-corrected chi connectivity index (χ2v) is 10.4. The highest BCUT2D eigenvalue weighted by Gasteiger charge is 2.34. The molecule has 1 saturated heterocycles. The third-order valence-electron chi connectivity index (χ3n) is 5.46. The Balaban J connectivity index is 1.49. The second-order valence-electron chi connectivity index (χ2n) is 8.30. The molecule has 0 radical (unpaired) electrons. The van der Waals surface area contributed by atoms with Crippen LogP contribution in [0.4, 0.5) is 5.69 Å². The molecule has 12 heteroatoms. The first-order chi connectivity index (χ1) is 18.7. The summed E-state index contributed by atoms with van der Waals surface area (Å²) in [6.07, 6.45) is 1.64. The molecule has 0 saturated carbocycles. The molecule has 0 spiro atoms. The number of benzene rings is 3. The molecule has 3 aromatic carbocycles. The van der Waals surface area contributed by atoms with Crippen LogP contribution in [-0.4, -0.2) is 32.7 Å². The van der Waals surface area contributed by atoms with Gasteiger partial charge in [0, 0.05) is 12.1 Å². The summed E-state index contributed by atoms with van der Waals surface area (Å²) < 4.78 is 11.8. The van der Waals surface area contributed by atoms with Crippen molar-refractivity contribution in [3.8, 4) is 11.5 Å². The molecule has 1 fully saturated rings. The van der Waals surface area contributed by atoms with Crippen LogP contribution < -0.4 is 14.9 Å². The summed E-state index contributed by atoms with van der Waals surface area (Å²) in [5.41, 5.74) is 4.91. The number of thioether (sulfide) groups is 1. The molecule has 1 aliphatic heterocycles. The molecular weight excluding hydrogens is 562 g/mol. The summed E-state index contributed by atoms with van der Waals surface area (Å²) in [5.74, 6) is -0.156. The number of amides is 2. The standard InChI is InChI=1S/C27H22ClN3O6S2/c1-3-36-23-13-17(8-10-22(23)37-15-18-5-4-6-19(12-18)31(34)35)14-24-26(33)30(27(38)39-24)29-25(32)20-9-7-16(2)11-21(20)28/h4-14H,3,15H2,1-2H3,(H,29,32)/b24-14+. The number of thiocarbonyl (C=S) groups is 1. The van der Waals surface area contributed by atoms with Gasteiger partial charge < -0.3 is 9.47 Å². The first kappa shape index (κ1) is 28.1. The van der Waals surface area contributed by atoms with Crippen LogP contribution in [0.2, 0.25) is 5.02 Å². The van der Waals surface area contributed by atoms with Gasteiger partial charge in [0.15, 0.2) is 15.8 Å². The van der Waals surface area contributed by atoms with E-state index in [9.17, 15) is 19.7 Å². The number of rotatable bonds is 9. The van der Waals surface area contributed by atoms with Gasteiger partial charge in [0.1, 0.15) is 6.61 Å². The molecule has 0 bridgehead atoms. The predicted molar refractivity (Wildman–Crippen MR) is 154 cm³/mol. The van der Waals surface area contributed by atoms with E-state index >= 15 is 0 Å². The maximum absolute atomic E-state index is 13.0. The van der Waals surface area contributed by atoms with Crippen molar-refractivity contribution in [3.63, 3.8) is 0 Å². The fourth-order valence-corrected chi connectivity index (χ4v) is 5.10. The number of hydrogen-bond acceptors (Lipinski definition) is 8. The Morgan fingerprint density at radius 2 is 1.95 bits per heavy atom. The van der Waals surface area contributed by atoms with Crippen LogP contribution in [0.25, 0.3) is 6.08 Å². The zero-order valence-corrected chi connectivity index (χ0v) is 23.2. The highest BCUT2D eigenvalue weighted by molar-refractivity contribution is 8.26. The topological polar surface area (TPSA) is 111 Å². The zero-order valence-electron chi connectivity index (χ0n) is 20.8. The van der Waals surface area contributed by atoms with Crippen molar-refractivity contribution >= 4 is 63.5 Å². The summed E-state index contributed by atoms with van der Waals surface area (Å²) in [6, 6.07) is 16.3. The van der Waals surface area contributed by atoms with Gasteiger partial charge in [-0.1, -0.05) is 47.6 Å². The zero-order chi connectivity index (χ0) is 28.1. The second kappa shape index (κ2) is 12.3. The lowest BCUT2D eigenvalue weighted by Crippen LogP contribution is -2.44. The van der Waals surface area contributed by atoms with E-state index < -0.39 is 16.7 Å². The molecule has 0 aromatic heterocycles. The van der Waals surface area contributed by atoms with Crippen molar-refractivity contribution < 1.29 is 24.0 Å². The van der Waals surface area contributed by atoms with E-state index in [1.165, 1.54) is 12.1 Å². The first-order valence-corrected chi connectivity index (χ1v) is 13.2. The molecule has 0 aliphatic carbocycles. The molecule has 0 atom stereocenters. The minimum atomic E-state index is -0.554. The van der Waals surface area contributed by atoms with Gasteiger partial charge in [-0.25, -0.2) is 0 Å². The van der Waals surface area contributed by atoms with Crippen molar-refractivity contribution in [2.24, 2.45) is 0 Å². The quantitative estimate of drug-likeness (QED) is 0.140. The van der Waals surface area contributed by atoms with Crippen LogP contribution in [0, 0.1) is 17.0 Å². The van der Waals surface area contributed by atoms with E-state index in [2.05, 4.69) is 5.43 Å². The van der Waals surface area contributed by atoms with E-state index in [1.807, 2.05) is 13.8 Å². The van der Waals surface area contributed by atoms with E-state index in [4.69, 9.17) is 33.3 Å². The van der Waals surface area contributed by atoms with Crippen LogP contribution in [0.1, 0.15) is 34.0 Å². The molecule has 1 N–H and O–H groups in total. The van der Waals surface area contributed by atoms with Crippen molar-refractivity contribution in [3.05, 3.63) is 103 Å². The van der Waals surface area contributed by atoms with Crippen LogP contribution in [-0.2, 0) is 11.4 Å². The van der Waals surface area contributed by atoms with Crippen LogP contribution in [0.5, 0.6) is 11.5 Å². The SMILES string of the molecule is CCOc1cc(/C=C2/SC(=S)N(NC(=O)c3ccc(C)cc3Cl)C2=O)ccc1OCc1cccc([N+](=O)[O-])c1. The molecule has 1 heterocycles. The average Bonchev–Trinajstić information content (AvgIpc) is 3.15. The summed E-state index contributed by atoms with van der Waals surface area (Å²) in [4.78, 5) is 36.6. The fourth-order valence-electron chi connectivity index (χ4n) is 3.60. The van der Waals surface area contributed by atoms with Crippen molar-refractivity contribution in [2.45, 2.75) is 20.5 Å². The van der Waals surface area contributed by atoms with Gasteiger partial charge in [0.05, 0.1) is 27.0 Å². The van der Waals surface area contributed by atoms with Crippen LogP contribution in [0.3, 0.4) is 0 Å². The fraction of sp³-hybridized carbons (Fsp3) is 0.148. The molecule has 200 valence electrons. The monoisotopic (exact) mass is 583 g/mol. The number of carbonyl (C=O) groups is 2. The third kappa shape index (κ3) is 6.75. The highest BCUT2D eigenvalue weighted by Crippen LogP contribution is 2.35. The average molecular weight is 584 g/mol. The summed E-state index contributed by atoms with van der Waals surface area (Å²) >= 11 is 12.6. The Kier molecular flexibility index (Phi) is 8.85. The number of ether oxygens (including phenoxy) is 2. The molecule has 4 rings (SSSR count). The molecule has 1 aliphatic rings. The number of nitro benzene ring substituents is 1. The Labute approximate surface area is 238 Å². The summed E-state index contributed by atoms with van der Waals surface area (Å²) in [5, 5.41) is 12.3. The lowest BCUT2D eigenvalue weighted by atomic mass is 10.1. The Morgan fingerprint density at radius 3 is 2.67 bits per heavy atom. The maximum atomic E-state index is 13.0. The predicted octanol–water partition coefficient (Wildman–Crippen LogP) is 6.08. The van der Waals surface area contributed by atoms with Gasteiger partial charge in [-0.15, -0.1) is 0 Å². The smallest absolute Gasteiger partial charge is 0.285 e. The molecule has 0 unspecified atom stereocenters. The van der Waals surface area contributed by atoms with Gasteiger partial charge in [-0.3, -0.25) is 25.1 Å². The van der Waals surface area contributed by atoms with Gasteiger partial charge in [0.2, 0.25) is 0 Å². The Morgan fingerprint density at radius 1 is 1.15 bits per heavy atom. The number of non-ortho nitro benzene ring substituents is 1. The number of aryl methyl sites for hydroxylation is 1. The van der Waals surface area contributed by atoms with E-state index in [0.717, 1.165) is 22.3 Å². The molecule has 3 aromatic rings. The van der Waals surface area contributed by atoms with Crippen LogP contribution in [0.15, 0.2) is 65.6 Å². The number of hydrazine groups is 1. The molecule has 39 heavy (non-hydrogen) atoms. The third-order valence-corrected chi connectivity index (χ3v) is 7.07. The van der Waals surface area contributed by atoms with Crippen molar-refractivity contribution in [1.29, 1.82) is 0 Å². The summed E-state index contributed by atoms with van der Waals surface area (Å²) in [7, 11) is 0. The first-order valence-electron chi connectivity index (χ1n) is 11.6. The number of nitrogens with zero attached hydrogens (tertiary/aromatic N) is 2. The number of nitro groups is 1. The molecule has 2 amide bonds. The lowest BCUT2D eigenvalue weighted by molar-refractivity contribution is -0.384. The normalized spacial score (nSPS) is 14.0. The van der Waals surface area contributed by atoms with E-state index in [-0.39, 0.29) is 27.2 Å². The largest absolute Gasteiger partial charge is 0.490 e. The number of hydrogen-bond donors (Lipinski definition) is 1. The van der Waals surface area contributed by atoms with Crippen LogP contribution >= 0.6 is 35.6 Å². The molecule has 9 nitrogen and oxygen atoms in total. The minimum Gasteiger partial charge on any atom is -0.490 e. The maximum Gasteiger partial charge on any atom is 0.285 e. The Hall–Kier alpha value is -3.93.